The van der Waals surface area contributed by atoms with Gasteiger partial charge in [0.1, 0.15) is 5.88 Å². The van der Waals surface area contributed by atoms with Gasteiger partial charge in [0.15, 0.2) is 15.0 Å². The number of carbonyl (C=O) groups excluding carboxylic acids is 1. The molecule has 0 spiro atoms. The van der Waals surface area contributed by atoms with Gasteiger partial charge in [-0.2, -0.15) is 0 Å². The molecule has 0 aliphatic carbocycles. The first kappa shape index (κ1) is 26.5. The van der Waals surface area contributed by atoms with Crippen LogP contribution in [0.1, 0.15) is 24.2 Å². The van der Waals surface area contributed by atoms with E-state index in [0.29, 0.717) is 34.0 Å². The van der Waals surface area contributed by atoms with E-state index in [1.165, 1.54) is 11.3 Å². The molecule has 0 bridgehead atoms. The smallest absolute Gasteiger partial charge is 0.257 e. The van der Waals surface area contributed by atoms with Gasteiger partial charge in [-0.15, -0.1) is 11.3 Å². The number of thiazole rings is 1. The molecule has 4 rings (SSSR count). The van der Waals surface area contributed by atoms with Gasteiger partial charge < -0.3 is 20.5 Å². The molecule has 0 aliphatic heterocycles. The van der Waals surface area contributed by atoms with E-state index in [1.54, 1.807) is 60.0 Å². The molecule has 9 nitrogen and oxygen atoms in total. The van der Waals surface area contributed by atoms with Crippen molar-refractivity contribution in [2.24, 2.45) is 0 Å². The number of fused-ring (bicyclic) bond motifs is 1. The van der Waals surface area contributed by atoms with Crippen LogP contribution in [0.2, 0.25) is 0 Å². The van der Waals surface area contributed by atoms with Gasteiger partial charge in [-0.3, -0.25) is 9.59 Å². The Hall–Kier alpha value is -3.54. The molecule has 1 amide bonds. The third-order valence-electron chi connectivity index (χ3n) is 6.01. The normalized spacial score (nSPS) is 11.6. The van der Waals surface area contributed by atoms with Crippen LogP contribution < -0.4 is 16.2 Å². The van der Waals surface area contributed by atoms with Crippen LogP contribution >= 0.6 is 11.3 Å². The lowest BCUT2D eigenvalue weighted by molar-refractivity contribution is 0.0949. The zero-order valence-corrected chi connectivity index (χ0v) is 22.3. The highest BCUT2D eigenvalue weighted by atomic mass is 32.2. The van der Waals surface area contributed by atoms with E-state index in [0.717, 1.165) is 25.0 Å². The van der Waals surface area contributed by atoms with Crippen molar-refractivity contribution in [3.05, 3.63) is 75.9 Å². The topological polar surface area (TPSA) is 124 Å². The number of benzene rings is 2. The Bertz CT molecular complexity index is 1540. The Morgan fingerprint density at radius 3 is 2.57 bits per heavy atom. The maximum absolute atomic E-state index is 12.8. The lowest BCUT2D eigenvalue weighted by atomic mass is 10.1. The highest BCUT2D eigenvalue weighted by molar-refractivity contribution is 7.91. The summed E-state index contributed by atoms with van der Waals surface area (Å²) in [6, 6.07) is 15.1. The summed E-state index contributed by atoms with van der Waals surface area (Å²) in [6.07, 6.45) is 0. The van der Waals surface area contributed by atoms with Gasteiger partial charge in [-0.25, -0.2) is 13.4 Å². The summed E-state index contributed by atoms with van der Waals surface area (Å²) in [6.45, 7) is 7.33. The highest BCUT2D eigenvalue weighted by Crippen LogP contribution is 2.25. The second-order valence-electron chi connectivity index (χ2n) is 8.38. The zero-order chi connectivity index (χ0) is 26.4. The number of likely N-dealkylation sites (N-methyl/N-ethyl adjacent to an activating group) is 1. The van der Waals surface area contributed by atoms with Crippen molar-refractivity contribution >= 4 is 43.1 Å². The Labute approximate surface area is 219 Å². The van der Waals surface area contributed by atoms with Gasteiger partial charge in [0.25, 0.3) is 11.5 Å². The van der Waals surface area contributed by atoms with E-state index < -0.39 is 9.84 Å². The summed E-state index contributed by atoms with van der Waals surface area (Å²) >= 11 is 1.22. The van der Waals surface area contributed by atoms with Crippen LogP contribution in [0.15, 0.2) is 69.7 Å². The van der Waals surface area contributed by atoms with E-state index in [9.17, 15) is 18.0 Å². The minimum absolute atomic E-state index is 0.195. The fourth-order valence-corrected chi connectivity index (χ4v) is 5.71. The molecule has 2 aromatic carbocycles. The number of hydrogen-bond donors (Lipinski definition) is 3. The van der Waals surface area contributed by atoms with Crippen LogP contribution in [0.4, 0.5) is 5.13 Å². The van der Waals surface area contributed by atoms with Crippen molar-refractivity contribution in [3.8, 4) is 11.3 Å². The maximum Gasteiger partial charge on any atom is 0.257 e. The molecule has 2 heterocycles. The number of H-pyrrole nitrogens is 1. The first-order valence-electron chi connectivity index (χ1n) is 12.0. The number of sulfone groups is 1. The number of amides is 1. The second kappa shape index (κ2) is 11.7. The number of aromatic nitrogens is 2. The molecule has 0 saturated carbocycles. The van der Waals surface area contributed by atoms with E-state index in [-0.39, 0.29) is 22.2 Å². The number of pyridine rings is 1. The average molecular weight is 540 g/mol. The van der Waals surface area contributed by atoms with Gasteiger partial charge in [0, 0.05) is 29.5 Å². The van der Waals surface area contributed by atoms with Crippen LogP contribution in [-0.2, 0) is 9.84 Å². The molecule has 4 aromatic rings. The average Bonchev–Trinajstić information content (AvgIpc) is 3.38. The molecular weight excluding hydrogens is 510 g/mol. The first-order valence-corrected chi connectivity index (χ1v) is 14.5. The quantitative estimate of drug-likeness (QED) is 0.266. The molecule has 0 saturated heterocycles. The predicted octanol–water partition coefficient (Wildman–Crippen LogP) is 3.57. The summed E-state index contributed by atoms with van der Waals surface area (Å²) in [5.74, 6) is -0.502. The summed E-state index contributed by atoms with van der Waals surface area (Å²) in [4.78, 5) is 35.1. The first-order chi connectivity index (χ1) is 17.8. The van der Waals surface area contributed by atoms with Crippen LogP contribution in [0.25, 0.3) is 22.2 Å². The molecule has 0 atom stereocenters. The summed E-state index contributed by atoms with van der Waals surface area (Å²) in [5, 5.41) is 8.61. The standard InChI is InChI=1S/C26H29N5O4S2/c1-3-31(4-2)13-12-27-24(32)19-11-10-18-14-21(25(33)29-22(18)15-19)23-16-36-26(30-23)28-17-37(34,35)20-8-6-5-7-9-20/h5-11,14-16H,3-4,12-13,17H2,1-2H3,(H,27,32)(H,28,30)(H,29,33). The molecule has 2 aromatic heterocycles. The van der Waals surface area contributed by atoms with Crippen LogP contribution in [0.3, 0.4) is 0 Å². The molecule has 194 valence electrons. The van der Waals surface area contributed by atoms with Crippen molar-refractivity contribution in [1.29, 1.82) is 0 Å². The number of rotatable bonds is 11. The zero-order valence-electron chi connectivity index (χ0n) is 20.7. The van der Waals surface area contributed by atoms with Gasteiger partial charge in [0.2, 0.25) is 0 Å². The fourth-order valence-electron chi connectivity index (χ4n) is 3.85. The number of hydrogen-bond acceptors (Lipinski definition) is 8. The predicted molar refractivity (Wildman–Crippen MR) is 148 cm³/mol. The Balaban J connectivity index is 1.46. The number of nitrogens with one attached hydrogen (secondary N) is 3. The number of anilines is 1. The van der Waals surface area contributed by atoms with Crippen LogP contribution in [0, 0.1) is 0 Å². The SMILES string of the molecule is CCN(CC)CCNC(=O)c1ccc2cc(-c3csc(NCS(=O)(=O)c4ccccc4)n3)c(=O)[nH]c2c1. The van der Waals surface area contributed by atoms with E-state index in [1.807, 2.05) is 0 Å². The van der Waals surface area contributed by atoms with Crippen LogP contribution in [-0.4, -0.2) is 61.2 Å². The van der Waals surface area contributed by atoms with Gasteiger partial charge in [-0.1, -0.05) is 38.1 Å². The molecule has 37 heavy (non-hydrogen) atoms. The second-order valence-corrected chi connectivity index (χ2v) is 11.2. The van der Waals surface area contributed by atoms with Crippen molar-refractivity contribution < 1.29 is 13.2 Å². The summed E-state index contributed by atoms with van der Waals surface area (Å²) in [5.41, 5.74) is 1.47. The largest absolute Gasteiger partial charge is 0.351 e. The Morgan fingerprint density at radius 1 is 1.08 bits per heavy atom. The molecule has 3 N–H and O–H groups in total. The van der Waals surface area contributed by atoms with Gasteiger partial charge in [-0.05, 0) is 48.8 Å². The van der Waals surface area contributed by atoms with Crippen molar-refractivity contribution in [2.45, 2.75) is 18.7 Å². The number of carbonyl (C=O) groups is 1. The Morgan fingerprint density at radius 2 is 1.84 bits per heavy atom. The lowest BCUT2D eigenvalue weighted by Crippen LogP contribution is -2.34. The number of aromatic amines is 1. The van der Waals surface area contributed by atoms with Crippen molar-refractivity contribution in [3.63, 3.8) is 0 Å². The minimum atomic E-state index is -3.52. The molecule has 0 aliphatic rings. The molecule has 0 fully saturated rings. The van der Waals surface area contributed by atoms with Crippen LogP contribution in [0.5, 0.6) is 0 Å². The minimum Gasteiger partial charge on any atom is -0.351 e. The number of nitrogens with zero attached hydrogens (tertiary/aromatic N) is 2. The fraction of sp³-hybridized carbons (Fsp3) is 0.269. The summed E-state index contributed by atoms with van der Waals surface area (Å²) < 4.78 is 25.0. The van der Waals surface area contributed by atoms with E-state index in [2.05, 4.69) is 39.3 Å². The molecular formula is C26H29N5O4S2. The van der Waals surface area contributed by atoms with Crippen molar-refractivity contribution in [1.82, 2.24) is 20.2 Å². The third-order valence-corrected chi connectivity index (χ3v) is 8.33. The molecule has 11 heteroatoms. The van der Waals surface area contributed by atoms with Gasteiger partial charge >= 0.3 is 0 Å². The highest BCUT2D eigenvalue weighted by Gasteiger charge is 2.16. The molecule has 0 radical (unpaired) electrons. The maximum atomic E-state index is 12.8. The van der Waals surface area contributed by atoms with Crippen molar-refractivity contribution in [2.75, 3.05) is 37.4 Å². The van der Waals surface area contributed by atoms with Gasteiger partial charge in [0.05, 0.1) is 16.2 Å². The Kier molecular flexibility index (Phi) is 8.37. The molecule has 0 unspecified atom stereocenters. The summed E-state index contributed by atoms with van der Waals surface area (Å²) in [7, 11) is -3.52. The lowest BCUT2D eigenvalue weighted by Gasteiger charge is -2.18. The third kappa shape index (κ3) is 6.43. The monoisotopic (exact) mass is 539 g/mol. The van der Waals surface area contributed by atoms with E-state index >= 15 is 0 Å². The van der Waals surface area contributed by atoms with E-state index in [4.69, 9.17) is 0 Å².